The molecule has 59 valence electrons. The van der Waals surface area contributed by atoms with Gasteiger partial charge < -0.3 is 4.74 Å². The SMILES string of the molecule is CC(C)C(O[C]=O)C(C)C. The molecule has 10 heavy (non-hydrogen) atoms. The fourth-order valence-electron chi connectivity index (χ4n) is 1.10. The predicted molar refractivity (Wildman–Crippen MR) is 40.2 cm³/mol. The summed E-state index contributed by atoms with van der Waals surface area (Å²) in [5.74, 6) is 0.753. The lowest BCUT2D eigenvalue weighted by Crippen LogP contribution is -2.25. The second kappa shape index (κ2) is 4.31. The topological polar surface area (TPSA) is 26.3 Å². The van der Waals surface area contributed by atoms with Crippen LogP contribution >= 0.6 is 0 Å². The number of carbonyl (C=O) groups excluding carboxylic acids is 1. The maximum atomic E-state index is 9.88. The summed E-state index contributed by atoms with van der Waals surface area (Å²) >= 11 is 0. The van der Waals surface area contributed by atoms with E-state index in [9.17, 15) is 4.79 Å². The van der Waals surface area contributed by atoms with Gasteiger partial charge in [-0.3, -0.25) is 0 Å². The van der Waals surface area contributed by atoms with E-state index in [4.69, 9.17) is 4.74 Å². The molecule has 0 N–H and O–H groups in total. The predicted octanol–water partition coefficient (Wildman–Crippen LogP) is 1.75. The molecule has 0 saturated heterocycles. The third kappa shape index (κ3) is 2.85. The van der Waals surface area contributed by atoms with Crippen LogP contribution in [0.5, 0.6) is 0 Å². The van der Waals surface area contributed by atoms with E-state index in [1.165, 1.54) is 6.47 Å². The standard InChI is InChI=1S/C8H15O2/c1-6(2)8(7(3)4)10-5-9/h6-8H,1-4H3. The van der Waals surface area contributed by atoms with Crippen molar-refractivity contribution in [3.05, 3.63) is 0 Å². The van der Waals surface area contributed by atoms with Crippen LogP contribution in [0.1, 0.15) is 27.7 Å². The molecule has 0 heterocycles. The molecule has 0 aliphatic heterocycles. The van der Waals surface area contributed by atoms with E-state index in [0.29, 0.717) is 11.8 Å². The highest BCUT2D eigenvalue weighted by Gasteiger charge is 2.18. The van der Waals surface area contributed by atoms with Crippen molar-refractivity contribution in [1.29, 1.82) is 0 Å². The Morgan fingerprint density at radius 2 is 1.50 bits per heavy atom. The molecule has 0 amide bonds. The van der Waals surface area contributed by atoms with E-state index in [0.717, 1.165) is 0 Å². The molecule has 0 aliphatic carbocycles. The Hall–Kier alpha value is -0.530. The van der Waals surface area contributed by atoms with Gasteiger partial charge in [0.2, 0.25) is 0 Å². The van der Waals surface area contributed by atoms with Crippen LogP contribution in [0.3, 0.4) is 0 Å². The highest BCUT2D eigenvalue weighted by atomic mass is 16.5. The molecule has 2 heteroatoms. The monoisotopic (exact) mass is 143 g/mol. The molecular weight excluding hydrogens is 128 g/mol. The second-order valence-electron chi connectivity index (χ2n) is 3.15. The highest BCUT2D eigenvalue weighted by molar-refractivity contribution is 5.38. The fourth-order valence-corrected chi connectivity index (χ4v) is 1.10. The Balaban J connectivity index is 3.84. The first-order chi connectivity index (χ1) is 4.59. The molecule has 0 aromatic heterocycles. The van der Waals surface area contributed by atoms with E-state index in [2.05, 4.69) is 0 Å². The average molecular weight is 143 g/mol. The lowest BCUT2D eigenvalue weighted by atomic mass is 9.96. The molecule has 0 rings (SSSR count). The Labute approximate surface area is 62.6 Å². The van der Waals surface area contributed by atoms with Gasteiger partial charge in [-0.2, -0.15) is 0 Å². The van der Waals surface area contributed by atoms with E-state index < -0.39 is 0 Å². The first kappa shape index (κ1) is 9.47. The summed E-state index contributed by atoms with van der Waals surface area (Å²) in [6, 6.07) is 0. The second-order valence-corrected chi connectivity index (χ2v) is 3.15. The summed E-state index contributed by atoms with van der Waals surface area (Å²) in [4.78, 5) is 9.88. The molecule has 0 saturated carbocycles. The number of hydrogen-bond donors (Lipinski definition) is 0. The fraction of sp³-hybridized carbons (Fsp3) is 0.875. The van der Waals surface area contributed by atoms with Crippen molar-refractivity contribution in [2.45, 2.75) is 33.8 Å². The Kier molecular flexibility index (Phi) is 4.08. The molecule has 0 aromatic rings. The summed E-state index contributed by atoms with van der Waals surface area (Å²) in [6.45, 7) is 9.60. The molecule has 0 bridgehead atoms. The molecule has 0 aliphatic rings. The summed E-state index contributed by atoms with van der Waals surface area (Å²) in [6.07, 6.45) is 0.0116. The highest BCUT2D eigenvalue weighted by Crippen LogP contribution is 2.14. The van der Waals surface area contributed by atoms with Crippen LogP contribution in [0.25, 0.3) is 0 Å². The lowest BCUT2D eigenvalue weighted by molar-refractivity contribution is 0.0877. The average Bonchev–Trinajstić information content (AvgIpc) is 1.81. The maximum Gasteiger partial charge on any atom is 0.417 e. The van der Waals surface area contributed by atoms with Gasteiger partial charge >= 0.3 is 6.47 Å². The van der Waals surface area contributed by atoms with E-state index >= 15 is 0 Å². The van der Waals surface area contributed by atoms with Crippen LogP contribution in [0.15, 0.2) is 0 Å². The molecule has 0 unspecified atom stereocenters. The van der Waals surface area contributed by atoms with Crippen molar-refractivity contribution < 1.29 is 9.53 Å². The van der Waals surface area contributed by atoms with Crippen molar-refractivity contribution in [1.82, 2.24) is 0 Å². The minimum atomic E-state index is 0.0116. The van der Waals surface area contributed by atoms with Crippen molar-refractivity contribution in [2.24, 2.45) is 11.8 Å². The smallest absolute Gasteiger partial charge is 0.417 e. The maximum absolute atomic E-state index is 9.88. The zero-order chi connectivity index (χ0) is 8.15. The van der Waals surface area contributed by atoms with Gasteiger partial charge in [-0.1, -0.05) is 27.7 Å². The third-order valence-electron chi connectivity index (χ3n) is 1.50. The van der Waals surface area contributed by atoms with Crippen LogP contribution in [0, 0.1) is 11.8 Å². The molecule has 0 atom stereocenters. The minimum Gasteiger partial charge on any atom is -0.453 e. The molecular formula is C8H15O2. The summed E-state index contributed by atoms with van der Waals surface area (Å²) in [5.41, 5.74) is 0. The normalized spacial score (nSPS) is 11.1. The Morgan fingerprint density at radius 3 is 1.60 bits per heavy atom. The zero-order valence-corrected chi connectivity index (χ0v) is 7.05. The third-order valence-corrected chi connectivity index (χ3v) is 1.50. The van der Waals surface area contributed by atoms with Crippen LogP contribution < -0.4 is 0 Å². The van der Waals surface area contributed by atoms with Crippen LogP contribution in [-0.2, 0) is 9.53 Å². The van der Waals surface area contributed by atoms with E-state index in [1.807, 2.05) is 27.7 Å². The lowest BCUT2D eigenvalue weighted by Gasteiger charge is -2.21. The van der Waals surface area contributed by atoms with Crippen molar-refractivity contribution >= 4 is 6.47 Å². The van der Waals surface area contributed by atoms with Gasteiger partial charge in [-0.25, -0.2) is 4.79 Å². The van der Waals surface area contributed by atoms with Crippen molar-refractivity contribution in [3.8, 4) is 0 Å². The Morgan fingerprint density at radius 1 is 1.10 bits per heavy atom. The largest absolute Gasteiger partial charge is 0.453 e. The van der Waals surface area contributed by atoms with Gasteiger partial charge in [0.25, 0.3) is 0 Å². The van der Waals surface area contributed by atoms with Gasteiger partial charge in [0, 0.05) is 0 Å². The first-order valence-electron chi connectivity index (χ1n) is 3.62. The summed E-state index contributed by atoms with van der Waals surface area (Å²) in [5, 5.41) is 0. The molecule has 0 spiro atoms. The first-order valence-corrected chi connectivity index (χ1v) is 3.62. The van der Waals surface area contributed by atoms with Gasteiger partial charge in [-0.05, 0) is 11.8 Å². The van der Waals surface area contributed by atoms with Gasteiger partial charge in [0.15, 0.2) is 0 Å². The minimum absolute atomic E-state index is 0.0116. The molecule has 0 fully saturated rings. The van der Waals surface area contributed by atoms with Gasteiger partial charge in [-0.15, -0.1) is 0 Å². The number of rotatable bonds is 4. The van der Waals surface area contributed by atoms with Crippen molar-refractivity contribution in [2.75, 3.05) is 0 Å². The Bertz CT molecular complexity index is 89.4. The van der Waals surface area contributed by atoms with Crippen LogP contribution in [0.2, 0.25) is 0 Å². The van der Waals surface area contributed by atoms with Crippen LogP contribution in [0.4, 0.5) is 0 Å². The number of hydrogen-bond acceptors (Lipinski definition) is 2. The quantitative estimate of drug-likeness (QED) is 0.599. The molecule has 2 nitrogen and oxygen atoms in total. The van der Waals surface area contributed by atoms with Gasteiger partial charge in [0.05, 0.1) is 0 Å². The summed E-state index contributed by atoms with van der Waals surface area (Å²) < 4.78 is 4.76. The molecule has 0 aromatic carbocycles. The zero-order valence-electron chi connectivity index (χ0n) is 7.05. The van der Waals surface area contributed by atoms with Crippen LogP contribution in [-0.4, -0.2) is 12.6 Å². The number of ether oxygens (including phenoxy) is 1. The van der Waals surface area contributed by atoms with E-state index in [-0.39, 0.29) is 6.10 Å². The molecule has 1 radical (unpaired) electrons. The summed E-state index contributed by atoms with van der Waals surface area (Å²) in [7, 11) is 0. The van der Waals surface area contributed by atoms with Gasteiger partial charge in [0.1, 0.15) is 6.10 Å². The van der Waals surface area contributed by atoms with E-state index in [1.54, 1.807) is 0 Å². The van der Waals surface area contributed by atoms with Crippen molar-refractivity contribution in [3.63, 3.8) is 0 Å².